The molecule has 1 aromatic carbocycles. The molecular formula is C12H17FO2. The molecule has 84 valence electrons. The second kappa shape index (κ2) is 5.24. The highest BCUT2D eigenvalue weighted by Gasteiger charge is 2.29. The Balaban J connectivity index is 2.34. The Hall–Kier alpha value is -0.930. The van der Waals surface area contributed by atoms with E-state index in [1.165, 1.54) is 13.8 Å². The van der Waals surface area contributed by atoms with E-state index >= 15 is 0 Å². The fourth-order valence-corrected chi connectivity index (χ4v) is 1.06. The lowest BCUT2D eigenvalue weighted by molar-refractivity contribution is -0.0533. The Kier molecular flexibility index (Phi) is 4.24. The van der Waals surface area contributed by atoms with Gasteiger partial charge in [-0.1, -0.05) is 30.3 Å². The number of ether oxygens (including phenoxy) is 1. The minimum Gasteiger partial charge on any atom is -0.390 e. The third-order valence-corrected chi connectivity index (χ3v) is 2.37. The molecule has 3 heteroatoms. The van der Waals surface area contributed by atoms with Crippen LogP contribution in [-0.2, 0) is 11.3 Å². The predicted molar refractivity (Wildman–Crippen MR) is 57.3 cm³/mol. The van der Waals surface area contributed by atoms with Gasteiger partial charge in [-0.25, -0.2) is 4.39 Å². The van der Waals surface area contributed by atoms with Crippen LogP contribution in [0.25, 0.3) is 0 Å². The number of hydrogen-bond acceptors (Lipinski definition) is 2. The largest absolute Gasteiger partial charge is 0.390 e. The lowest BCUT2D eigenvalue weighted by Crippen LogP contribution is -2.37. The second-order valence-electron chi connectivity index (χ2n) is 3.93. The van der Waals surface area contributed by atoms with Gasteiger partial charge < -0.3 is 9.84 Å². The van der Waals surface area contributed by atoms with Gasteiger partial charge in [0.15, 0.2) is 5.67 Å². The Morgan fingerprint density at radius 3 is 2.53 bits per heavy atom. The maximum absolute atomic E-state index is 13.5. The van der Waals surface area contributed by atoms with Crippen molar-refractivity contribution < 1.29 is 14.2 Å². The van der Waals surface area contributed by atoms with Crippen LogP contribution in [0.5, 0.6) is 0 Å². The highest BCUT2D eigenvalue weighted by molar-refractivity contribution is 5.13. The Morgan fingerprint density at radius 2 is 2.00 bits per heavy atom. The second-order valence-corrected chi connectivity index (χ2v) is 3.93. The van der Waals surface area contributed by atoms with E-state index < -0.39 is 11.8 Å². The molecule has 0 aliphatic rings. The zero-order valence-corrected chi connectivity index (χ0v) is 9.11. The van der Waals surface area contributed by atoms with Crippen molar-refractivity contribution in [3.63, 3.8) is 0 Å². The highest BCUT2D eigenvalue weighted by atomic mass is 19.1. The van der Waals surface area contributed by atoms with E-state index in [1.54, 1.807) is 0 Å². The molecule has 0 heterocycles. The van der Waals surface area contributed by atoms with Gasteiger partial charge in [0.1, 0.15) is 0 Å². The maximum Gasteiger partial charge on any atom is 0.156 e. The van der Waals surface area contributed by atoms with Gasteiger partial charge in [0, 0.05) is 0 Å². The van der Waals surface area contributed by atoms with Crippen LogP contribution in [0.15, 0.2) is 30.3 Å². The summed E-state index contributed by atoms with van der Waals surface area (Å²) < 4.78 is 18.8. The van der Waals surface area contributed by atoms with Crippen molar-refractivity contribution >= 4 is 0 Å². The van der Waals surface area contributed by atoms with Gasteiger partial charge in [-0.3, -0.25) is 0 Å². The summed E-state index contributed by atoms with van der Waals surface area (Å²) in [6, 6.07) is 9.55. The molecule has 0 aromatic heterocycles. The van der Waals surface area contributed by atoms with E-state index in [4.69, 9.17) is 9.84 Å². The summed E-state index contributed by atoms with van der Waals surface area (Å²) in [5.41, 5.74) is -0.687. The monoisotopic (exact) mass is 212 g/mol. The summed E-state index contributed by atoms with van der Waals surface area (Å²) in [6.45, 7) is 3.03. The summed E-state index contributed by atoms with van der Waals surface area (Å²) in [4.78, 5) is 0. The van der Waals surface area contributed by atoms with Gasteiger partial charge in [0.25, 0.3) is 0 Å². The van der Waals surface area contributed by atoms with Gasteiger partial charge in [0.05, 0.1) is 19.3 Å². The topological polar surface area (TPSA) is 29.5 Å². The standard InChI is InChI=1S/C12H17FO2/c1-10(14)12(2,13)9-15-8-11-6-4-3-5-7-11/h3-7,10,14H,8-9H2,1-2H3/t10-,12-/m1/s1. The van der Waals surface area contributed by atoms with Crippen molar-refractivity contribution in [1.29, 1.82) is 0 Å². The fourth-order valence-electron chi connectivity index (χ4n) is 1.06. The molecule has 0 radical (unpaired) electrons. The third kappa shape index (κ3) is 3.98. The molecule has 0 aliphatic carbocycles. The lowest BCUT2D eigenvalue weighted by Gasteiger charge is -2.23. The van der Waals surface area contributed by atoms with Crippen LogP contribution >= 0.6 is 0 Å². The molecule has 1 N–H and O–H groups in total. The number of rotatable bonds is 5. The van der Waals surface area contributed by atoms with E-state index in [1.807, 2.05) is 30.3 Å². The van der Waals surface area contributed by atoms with Gasteiger partial charge in [0.2, 0.25) is 0 Å². The molecule has 15 heavy (non-hydrogen) atoms. The van der Waals surface area contributed by atoms with E-state index in [-0.39, 0.29) is 6.61 Å². The van der Waals surface area contributed by atoms with E-state index in [0.29, 0.717) is 6.61 Å². The molecule has 0 amide bonds. The third-order valence-electron chi connectivity index (χ3n) is 2.37. The van der Waals surface area contributed by atoms with Crippen molar-refractivity contribution in [1.82, 2.24) is 0 Å². The first-order chi connectivity index (χ1) is 7.02. The fraction of sp³-hybridized carbons (Fsp3) is 0.500. The highest BCUT2D eigenvalue weighted by Crippen LogP contribution is 2.16. The van der Waals surface area contributed by atoms with Crippen LogP contribution in [0, 0.1) is 0 Å². The Labute approximate surface area is 89.7 Å². The van der Waals surface area contributed by atoms with E-state index in [9.17, 15) is 4.39 Å². The van der Waals surface area contributed by atoms with Crippen LogP contribution in [0.2, 0.25) is 0 Å². The summed E-state index contributed by atoms with van der Waals surface area (Å²) >= 11 is 0. The quantitative estimate of drug-likeness (QED) is 0.811. The molecular weight excluding hydrogens is 195 g/mol. The Morgan fingerprint density at radius 1 is 1.40 bits per heavy atom. The minimum absolute atomic E-state index is 0.0977. The number of hydrogen-bond donors (Lipinski definition) is 1. The lowest BCUT2D eigenvalue weighted by atomic mass is 10.0. The molecule has 2 atom stereocenters. The minimum atomic E-state index is -1.69. The summed E-state index contributed by atoms with van der Waals surface area (Å²) in [5, 5.41) is 9.12. The van der Waals surface area contributed by atoms with Crippen LogP contribution in [0.4, 0.5) is 4.39 Å². The molecule has 2 nitrogen and oxygen atoms in total. The van der Waals surface area contributed by atoms with Gasteiger partial charge in [-0.2, -0.15) is 0 Å². The van der Waals surface area contributed by atoms with E-state index in [2.05, 4.69) is 0 Å². The summed E-state index contributed by atoms with van der Waals surface area (Å²) in [6.07, 6.45) is -1.02. The van der Waals surface area contributed by atoms with Crippen LogP contribution < -0.4 is 0 Å². The van der Waals surface area contributed by atoms with Crippen molar-refractivity contribution in [2.75, 3.05) is 6.61 Å². The smallest absolute Gasteiger partial charge is 0.156 e. The molecule has 0 bridgehead atoms. The van der Waals surface area contributed by atoms with Crippen molar-refractivity contribution in [3.05, 3.63) is 35.9 Å². The molecule has 1 rings (SSSR count). The molecule has 0 fully saturated rings. The molecule has 0 aliphatic heterocycles. The van der Waals surface area contributed by atoms with Crippen molar-refractivity contribution in [2.24, 2.45) is 0 Å². The van der Waals surface area contributed by atoms with Crippen molar-refractivity contribution in [3.8, 4) is 0 Å². The number of halogens is 1. The van der Waals surface area contributed by atoms with Gasteiger partial charge >= 0.3 is 0 Å². The first-order valence-electron chi connectivity index (χ1n) is 5.01. The SMILES string of the molecule is C[C@@H](O)[C@](C)(F)COCc1ccccc1. The number of aliphatic hydroxyl groups is 1. The number of aliphatic hydroxyl groups excluding tert-OH is 1. The predicted octanol–water partition coefficient (Wildman–Crippen LogP) is 2.31. The zero-order valence-electron chi connectivity index (χ0n) is 9.11. The maximum atomic E-state index is 13.5. The number of alkyl halides is 1. The van der Waals surface area contributed by atoms with E-state index in [0.717, 1.165) is 5.56 Å². The molecule has 1 aromatic rings. The normalized spacial score (nSPS) is 17.1. The molecule has 0 saturated heterocycles. The summed E-state index contributed by atoms with van der Waals surface area (Å²) in [5.74, 6) is 0. The molecule has 0 saturated carbocycles. The van der Waals surface area contributed by atoms with Gasteiger partial charge in [-0.05, 0) is 19.4 Å². The average Bonchev–Trinajstić information content (AvgIpc) is 2.19. The van der Waals surface area contributed by atoms with Crippen LogP contribution in [0.1, 0.15) is 19.4 Å². The average molecular weight is 212 g/mol. The van der Waals surface area contributed by atoms with Crippen molar-refractivity contribution in [2.45, 2.75) is 32.2 Å². The van der Waals surface area contributed by atoms with Gasteiger partial charge in [-0.15, -0.1) is 0 Å². The molecule has 0 spiro atoms. The zero-order chi connectivity index (χ0) is 11.3. The summed E-state index contributed by atoms with van der Waals surface area (Å²) in [7, 11) is 0. The van der Waals surface area contributed by atoms with Crippen LogP contribution in [-0.4, -0.2) is 23.5 Å². The molecule has 0 unspecified atom stereocenters. The number of benzene rings is 1. The Bertz CT molecular complexity index is 283. The first-order valence-corrected chi connectivity index (χ1v) is 5.01. The first kappa shape index (κ1) is 12.1. The van der Waals surface area contributed by atoms with Crippen LogP contribution in [0.3, 0.4) is 0 Å².